The van der Waals surface area contributed by atoms with E-state index in [1.54, 1.807) is 12.1 Å². The number of amidine groups is 1. The fourth-order valence-corrected chi connectivity index (χ4v) is 2.05. The van der Waals surface area contributed by atoms with Crippen LogP contribution in [0.2, 0.25) is 0 Å². The number of anilines is 1. The molecule has 0 atom stereocenters. The molecule has 0 amide bonds. The summed E-state index contributed by atoms with van der Waals surface area (Å²) in [5, 5.41) is 7.37. The fourth-order valence-electron chi connectivity index (χ4n) is 2.05. The van der Waals surface area contributed by atoms with Crippen LogP contribution < -0.4 is 10.6 Å². The maximum absolute atomic E-state index is 13.3. The summed E-state index contributed by atoms with van der Waals surface area (Å²) in [6, 6.07) is 12.3. The third kappa shape index (κ3) is 3.15. The zero-order valence-corrected chi connectivity index (χ0v) is 11.7. The van der Waals surface area contributed by atoms with Gasteiger partial charge in [0.25, 0.3) is 0 Å². The molecule has 0 aliphatic heterocycles. The molecule has 0 unspecified atom stereocenters. The number of benzene rings is 2. The van der Waals surface area contributed by atoms with E-state index in [2.05, 4.69) is 0 Å². The van der Waals surface area contributed by atoms with Gasteiger partial charge < -0.3 is 10.6 Å². The monoisotopic (exact) mass is 271 g/mol. The molecule has 3 nitrogen and oxygen atoms in total. The van der Waals surface area contributed by atoms with E-state index in [1.165, 1.54) is 6.07 Å². The van der Waals surface area contributed by atoms with Gasteiger partial charge in [-0.3, -0.25) is 5.41 Å². The molecule has 2 aromatic rings. The van der Waals surface area contributed by atoms with Gasteiger partial charge in [-0.25, -0.2) is 4.39 Å². The van der Waals surface area contributed by atoms with Crippen LogP contribution in [0.5, 0.6) is 0 Å². The molecular formula is C16H18FN3. The molecule has 4 heteroatoms. The molecule has 0 heterocycles. The largest absolute Gasteiger partial charge is 0.384 e. The van der Waals surface area contributed by atoms with Crippen molar-refractivity contribution >= 4 is 11.5 Å². The summed E-state index contributed by atoms with van der Waals surface area (Å²) in [5.74, 6) is -0.161. The highest BCUT2D eigenvalue weighted by molar-refractivity contribution is 5.95. The molecule has 0 saturated carbocycles. The van der Waals surface area contributed by atoms with Crippen molar-refractivity contribution in [1.82, 2.24) is 0 Å². The van der Waals surface area contributed by atoms with Crippen LogP contribution in [0, 0.1) is 18.2 Å². The molecule has 2 rings (SSSR count). The van der Waals surface area contributed by atoms with Crippen molar-refractivity contribution in [2.45, 2.75) is 13.5 Å². The molecule has 3 N–H and O–H groups in total. The summed E-state index contributed by atoms with van der Waals surface area (Å²) in [6.07, 6.45) is 0. The van der Waals surface area contributed by atoms with E-state index < -0.39 is 0 Å². The van der Waals surface area contributed by atoms with Crippen molar-refractivity contribution in [1.29, 1.82) is 5.41 Å². The lowest BCUT2D eigenvalue weighted by molar-refractivity contribution is 0.624. The van der Waals surface area contributed by atoms with E-state index >= 15 is 0 Å². The number of halogens is 1. The summed E-state index contributed by atoms with van der Waals surface area (Å²) in [6.45, 7) is 2.60. The van der Waals surface area contributed by atoms with Crippen molar-refractivity contribution in [2.75, 3.05) is 11.9 Å². The van der Waals surface area contributed by atoms with Gasteiger partial charge in [0.1, 0.15) is 11.7 Å². The first-order chi connectivity index (χ1) is 9.47. The Labute approximate surface area is 118 Å². The third-order valence-electron chi connectivity index (χ3n) is 3.34. The van der Waals surface area contributed by atoms with Crippen LogP contribution in [-0.4, -0.2) is 12.9 Å². The van der Waals surface area contributed by atoms with E-state index in [1.807, 2.05) is 43.1 Å². The molecule has 0 aliphatic rings. The van der Waals surface area contributed by atoms with E-state index in [9.17, 15) is 4.39 Å². The second-order valence-electron chi connectivity index (χ2n) is 4.89. The predicted molar refractivity (Wildman–Crippen MR) is 80.7 cm³/mol. The normalized spacial score (nSPS) is 10.3. The van der Waals surface area contributed by atoms with Crippen LogP contribution in [0.3, 0.4) is 0 Å². The average molecular weight is 271 g/mol. The average Bonchev–Trinajstić information content (AvgIpc) is 2.43. The minimum Gasteiger partial charge on any atom is -0.384 e. The Kier molecular flexibility index (Phi) is 4.03. The molecule has 0 bridgehead atoms. The first-order valence-corrected chi connectivity index (χ1v) is 6.38. The second-order valence-corrected chi connectivity index (χ2v) is 4.89. The first kappa shape index (κ1) is 14.1. The standard InChI is InChI=1S/C16H18FN3/c1-11-3-6-14(17)9-13(11)10-20(2)15-7-4-12(5-8-15)16(18)19/h3-9H,10H2,1-2H3,(H3,18,19). The summed E-state index contributed by atoms with van der Waals surface area (Å²) < 4.78 is 13.3. The van der Waals surface area contributed by atoms with Crippen molar-refractivity contribution in [3.8, 4) is 0 Å². The number of nitrogens with zero attached hydrogens (tertiary/aromatic N) is 1. The topological polar surface area (TPSA) is 53.1 Å². The van der Waals surface area contributed by atoms with Crippen LogP contribution in [0.25, 0.3) is 0 Å². The Balaban J connectivity index is 2.17. The van der Waals surface area contributed by atoms with Gasteiger partial charge in [-0.15, -0.1) is 0 Å². The van der Waals surface area contributed by atoms with E-state index in [4.69, 9.17) is 11.1 Å². The minimum atomic E-state index is -0.217. The smallest absolute Gasteiger partial charge is 0.123 e. The van der Waals surface area contributed by atoms with Gasteiger partial charge in [0.2, 0.25) is 0 Å². The Bertz CT molecular complexity index is 620. The number of aryl methyl sites for hydroxylation is 1. The number of nitrogen functional groups attached to an aromatic ring is 1. The maximum Gasteiger partial charge on any atom is 0.123 e. The van der Waals surface area contributed by atoms with Crippen molar-refractivity contribution in [3.05, 3.63) is 65.0 Å². The quantitative estimate of drug-likeness (QED) is 0.663. The van der Waals surface area contributed by atoms with Gasteiger partial charge in [0.05, 0.1) is 0 Å². The molecule has 0 fully saturated rings. The van der Waals surface area contributed by atoms with Crippen LogP contribution in [0.15, 0.2) is 42.5 Å². The zero-order chi connectivity index (χ0) is 14.7. The first-order valence-electron chi connectivity index (χ1n) is 6.38. The Morgan fingerprint density at radius 3 is 2.45 bits per heavy atom. The summed E-state index contributed by atoms with van der Waals surface area (Å²) >= 11 is 0. The zero-order valence-electron chi connectivity index (χ0n) is 11.7. The Morgan fingerprint density at radius 2 is 1.85 bits per heavy atom. The molecule has 2 aromatic carbocycles. The van der Waals surface area contributed by atoms with Gasteiger partial charge in [0.15, 0.2) is 0 Å². The van der Waals surface area contributed by atoms with Gasteiger partial charge in [-0.05, 0) is 54.4 Å². The number of hydrogen-bond donors (Lipinski definition) is 2. The van der Waals surface area contributed by atoms with Crippen molar-refractivity contribution < 1.29 is 4.39 Å². The third-order valence-corrected chi connectivity index (χ3v) is 3.34. The van der Waals surface area contributed by atoms with Gasteiger partial charge >= 0.3 is 0 Å². The van der Waals surface area contributed by atoms with Crippen molar-refractivity contribution in [2.24, 2.45) is 5.73 Å². The predicted octanol–water partition coefficient (Wildman–Crippen LogP) is 3.05. The maximum atomic E-state index is 13.3. The number of nitrogens with one attached hydrogen (secondary N) is 1. The highest BCUT2D eigenvalue weighted by Gasteiger charge is 2.06. The molecule has 0 aromatic heterocycles. The lowest BCUT2D eigenvalue weighted by Gasteiger charge is -2.21. The molecule has 104 valence electrons. The highest BCUT2D eigenvalue weighted by atomic mass is 19.1. The fraction of sp³-hybridized carbons (Fsp3) is 0.188. The summed E-state index contributed by atoms with van der Waals surface area (Å²) in [5.41, 5.74) is 9.15. The van der Waals surface area contributed by atoms with E-state index in [0.29, 0.717) is 12.1 Å². The lowest BCUT2D eigenvalue weighted by Crippen LogP contribution is -2.17. The van der Waals surface area contributed by atoms with Crippen LogP contribution >= 0.6 is 0 Å². The van der Waals surface area contributed by atoms with E-state index in [-0.39, 0.29) is 11.7 Å². The molecule has 0 aliphatic carbocycles. The van der Waals surface area contributed by atoms with Gasteiger partial charge in [-0.1, -0.05) is 6.07 Å². The molecule has 0 saturated heterocycles. The SMILES string of the molecule is Cc1ccc(F)cc1CN(C)c1ccc(C(=N)N)cc1. The molecule has 0 radical (unpaired) electrons. The van der Waals surface area contributed by atoms with Crippen LogP contribution in [-0.2, 0) is 6.54 Å². The summed E-state index contributed by atoms with van der Waals surface area (Å²) in [7, 11) is 1.95. The highest BCUT2D eigenvalue weighted by Crippen LogP contribution is 2.18. The van der Waals surface area contributed by atoms with Gasteiger partial charge in [-0.2, -0.15) is 0 Å². The van der Waals surface area contributed by atoms with E-state index in [0.717, 1.165) is 16.8 Å². The molecule has 20 heavy (non-hydrogen) atoms. The number of rotatable bonds is 4. The van der Waals surface area contributed by atoms with Gasteiger partial charge in [0, 0.05) is 24.8 Å². The molecule has 0 spiro atoms. The Morgan fingerprint density at radius 1 is 1.20 bits per heavy atom. The Hall–Kier alpha value is -2.36. The van der Waals surface area contributed by atoms with Crippen LogP contribution in [0.4, 0.5) is 10.1 Å². The number of nitrogens with two attached hydrogens (primary N) is 1. The number of hydrogen-bond acceptors (Lipinski definition) is 2. The molecular weight excluding hydrogens is 253 g/mol. The summed E-state index contributed by atoms with van der Waals surface area (Å²) in [4.78, 5) is 2.03. The van der Waals surface area contributed by atoms with Crippen LogP contribution in [0.1, 0.15) is 16.7 Å². The van der Waals surface area contributed by atoms with Crippen molar-refractivity contribution in [3.63, 3.8) is 0 Å². The lowest BCUT2D eigenvalue weighted by atomic mass is 10.1. The minimum absolute atomic E-state index is 0.0557. The second kappa shape index (κ2) is 5.74.